The van der Waals surface area contributed by atoms with Crippen LogP contribution in [0, 0.1) is 0 Å². The minimum atomic E-state index is 0.0218. The number of fused-ring (bicyclic) bond motifs is 1. The van der Waals surface area contributed by atoms with Crippen molar-refractivity contribution in [2.24, 2.45) is 0 Å². The molecule has 7 heteroatoms. The van der Waals surface area contributed by atoms with Gasteiger partial charge in [-0.15, -0.1) is 22.7 Å². The standard InChI is InChI=1S/C17H15N3O2S2/c21-16(12-3-4-13-15(10-12)24-11-18-13)19-5-7-20(8-6-19)17(22)14-2-1-9-23-14/h1-4,9-11H,5-8H2. The topological polar surface area (TPSA) is 53.5 Å². The van der Waals surface area contributed by atoms with Crippen LogP contribution in [-0.4, -0.2) is 52.8 Å². The van der Waals surface area contributed by atoms with Gasteiger partial charge >= 0.3 is 0 Å². The van der Waals surface area contributed by atoms with Crippen LogP contribution in [0.3, 0.4) is 0 Å². The van der Waals surface area contributed by atoms with Crippen molar-refractivity contribution >= 4 is 44.7 Å². The van der Waals surface area contributed by atoms with E-state index >= 15 is 0 Å². The Morgan fingerprint density at radius 2 is 1.71 bits per heavy atom. The van der Waals surface area contributed by atoms with Gasteiger partial charge in [-0.3, -0.25) is 9.59 Å². The zero-order valence-corrected chi connectivity index (χ0v) is 14.5. The molecule has 0 atom stereocenters. The summed E-state index contributed by atoms with van der Waals surface area (Å²) in [6.07, 6.45) is 0. The Bertz CT molecular complexity index is 880. The SMILES string of the molecule is O=C(c1ccc2ncsc2c1)N1CCN(C(=O)c2cccs2)CC1. The van der Waals surface area contributed by atoms with Crippen molar-refractivity contribution in [3.63, 3.8) is 0 Å². The van der Waals surface area contributed by atoms with Crippen LogP contribution in [0.15, 0.2) is 41.2 Å². The summed E-state index contributed by atoms with van der Waals surface area (Å²) in [6.45, 7) is 2.28. The van der Waals surface area contributed by atoms with Crippen LogP contribution in [0.5, 0.6) is 0 Å². The lowest BCUT2D eigenvalue weighted by Crippen LogP contribution is -2.50. The van der Waals surface area contributed by atoms with Gasteiger partial charge in [-0.1, -0.05) is 6.07 Å². The molecule has 0 unspecified atom stereocenters. The van der Waals surface area contributed by atoms with E-state index in [1.807, 2.05) is 45.5 Å². The molecule has 1 aromatic carbocycles. The van der Waals surface area contributed by atoms with Crippen LogP contribution in [0.2, 0.25) is 0 Å². The van der Waals surface area contributed by atoms with Gasteiger partial charge in [-0.05, 0) is 29.6 Å². The molecule has 1 fully saturated rings. The molecule has 0 aliphatic carbocycles. The third kappa shape index (κ3) is 2.81. The van der Waals surface area contributed by atoms with Crippen molar-refractivity contribution in [2.45, 2.75) is 0 Å². The summed E-state index contributed by atoms with van der Waals surface area (Å²) in [4.78, 5) is 33.7. The largest absolute Gasteiger partial charge is 0.335 e. The third-order valence-electron chi connectivity index (χ3n) is 4.16. The van der Waals surface area contributed by atoms with E-state index < -0.39 is 0 Å². The van der Waals surface area contributed by atoms with E-state index in [1.54, 1.807) is 5.51 Å². The number of rotatable bonds is 2. The van der Waals surface area contributed by atoms with Crippen LogP contribution in [0.1, 0.15) is 20.0 Å². The second-order valence-electron chi connectivity index (χ2n) is 5.60. The Morgan fingerprint density at radius 1 is 0.958 bits per heavy atom. The third-order valence-corrected chi connectivity index (χ3v) is 5.81. The molecule has 0 radical (unpaired) electrons. The highest BCUT2D eigenvalue weighted by Gasteiger charge is 2.26. The number of thiazole rings is 1. The van der Waals surface area contributed by atoms with Gasteiger partial charge in [0.25, 0.3) is 11.8 Å². The molecule has 24 heavy (non-hydrogen) atoms. The predicted octanol–water partition coefficient (Wildman–Crippen LogP) is 2.96. The first-order valence-corrected chi connectivity index (χ1v) is 9.43. The summed E-state index contributed by atoms with van der Waals surface area (Å²) in [5.41, 5.74) is 3.39. The Hall–Kier alpha value is -2.25. The number of amides is 2. The average molecular weight is 357 g/mol. The van der Waals surface area contributed by atoms with E-state index in [9.17, 15) is 9.59 Å². The van der Waals surface area contributed by atoms with Crippen LogP contribution in [-0.2, 0) is 0 Å². The van der Waals surface area contributed by atoms with Gasteiger partial charge in [-0.2, -0.15) is 0 Å². The molecule has 1 aliphatic heterocycles. The minimum Gasteiger partial charge on any atom is -0.335 e. The molecule has 0 bridgehead atoms. The minimum absolute atomic E-state index is 0.0218. The number of carbonyl (C=O) groups excluding carboxylic acids is 2. The highest BCUT2D eigenvalue weighted by molar-refractivity contribution is 7.16. The highest BCUT2D eigenvalue weighted by atomic mass is 32.1. The molecule has 2 aromatic heterocycles. The first-order valence-electron chi connectivity index (χ1n) is 7.68. The zero-order valence-electron chi connectivity index (χ0n) is 12.8. The fourth-order valence-corrected chi connectivity index (χ4v) is 4.25. The van der Waals surface area contributed by atoms with Crippen molar-refractivity contribution in [3.05, 3.63) is 51.7 Å². The molecule has 3 aromatic rings. The summed E-state index contributed by atoms with van der Waals surface area (Å²) in [5, 5.41) is 1.91. The van der Waals surface area contributed by atoms with Gasteiger partial charge in [0.2, 0.25) is 0 Å². The van der Waals surface area contributed by atoms with E-state index in [0.717, 1.165) is 15.1 Å². The number of aromatic nitrogens is 1. The number of piperazine rings is 1. The van der Waals surface area contributed by atoms with Gasteiger partial charge in [0.05, 0.1) is 20.6 Å². The van der Waals surface area contributed by atoms with Gasteiger partial charge in [0.1, 0.15) is 0 Å². The van der Waals surface area contributed by atoms with Gasteiger partial charge in [-0.25, -0.2) is 4.98 Å². The summed E-state index contributed by atoms with van der Waals surface area (Å²) in [6, 6.07) is 9.34. The molecule has 122 valence electrons. The monoisotopic (exact) mass is 357 g/mol. The Labute approximate surface area is 147 Å². The first-order chi connectivity index (χ1) is 11.7. The lowest BCUT2D eigenvalue weighted by Gasteiger charge is -2.34. The molecule has 3 heterocycles. The molecular weight excluding hydrogens is 342 g/mol. The molecule has 5 nitrogen and oxygen atoms in total. The van der Waals surface area contributed by atoms with Crippen LogP contribution in [0.4, 0.5) is 0 Å². The number of carbonyl (C=O) groups is 2. The lowest BCUT2D eigenvalue weighted by atomic mass is 10.1. The molecule has 4 rings (SSSR count). The van der Waals surface area contributed by atoms with E-state index in [2.05, 4.69) is 4.98 Å². The molecule has 0 saturated carbocycles. The van der Waals surface area contributed by atoms with Crippen molar-refractivity contribution < 1.29 is 9.59 Å². The zero-order chi connectivity index (χ0) is 16.5. The van der Waals surface area contributed by atoms with Crippen molar-refractivity contribution in [1.82, 2.24) is 14.8 Å². The molecule has 2 amide bonds. The Kier molecular flexibility index (Phi) is 4.03. The maximum atomic E-state index is 12.7. The van der Waals surface area contributed by atoms with Gasteiger partial charge in [0, 0.05) is 31.7 Å². The smallest absolute Gasteiger partial charge is 0.264 e. The van der Waals surface area contributed by atoms with E-state index in [-0.39, 0.29) is 11.8 Å². The number of hydrogen-bond donors (Lipinski definition) is 0. The van der Waals surface area contributed by atoms with Gasteiger partial charge < -0.3 is 9.80 Å². The molecule has 1 aliphatic rings. The number of nitrogens with zero attached hydrogens (tertiary/aromatic N) is 3. The summed E-state index contributed by atoms with van der Waals surface area (Å²) >= 11 is 2.99. The summed E-state index contributed by atoms with van der Waals surface area (Å²) in [7, 11) is 0. The lowest BCUT2D eigenvalue weighted by molar-refractivity contribution is 0.0538. The van der Waals surface area contributed by atoms with E-state index in [4.69, 9.17) is 0 Å². The molecule has 0 spiro atoms. The Morgan fingerprint density at radius 3 is 2.42 bits per heavy atom. The van der Waals surface area contributed by atoms with Crippen molar-refractivity contribution in [2.75, 3.05) is 26.2 Å². The fourth-order valence-electron chi connectivity index (χ4n) is 2.84. The average Bonchev–Trinajstić information content (AvgIpc) is 3.31. The fraction of sp³-hybridized carbons (Fsp3) is 0.235. The van der Waals surface area contributed by atoms with E-state index in [1.165, 1.54) is 22.7 Å². The molecule has 1 saturated heterocycles. The number of benzene rings is 1. The van der Waals surface area contributed by atoms with Crippen LogP contribution >= 0.6 is 22.7 Å². The van der Waals surface area contributed by atoms with Crippen LogP contribution < -0.4 is 0 Å². The van der Waals surface area contributed by atoms with Crippen molar-refractivity contribution in [1.29, 1.82) is 0 Å². The summed E-state index contributed by atoms with van der Waals surface area (Å²) < 4.78 is 1.02. The predicted molar refractivity (Wildman–Crippen MR) is 95.7 cm³/mol. The van der Waals surface area contributed by atoms with Crippen LogP contribution in [0.25, 0.3) is 10.2 Å². The summed E-state index contributed by atoms with van der Waals surface area (Å²) in [5.74, 6) is 0.0803. The Balaban J connectivity index is 1.43. The molecular formula is C17H15N3O2S2. The van der Waals surface area contributed by atoms with Gasteiger partial charge in [0.15, 0.2) is 0 Å². The van der Waals surface area contributed by atoms with E-state index in [0.29, 0.717) is 31.7 Å². The highest BCUT2D eigenvalue weighted by Crippen LogP contribution is 2.21. The maximum absolute atomic E-state index is 12.7. The second kappa shape index (κ2) is 6.33. The van der Waals surface area contributed by atoms with Crippen molar-refractivity contribution in [3.8, 4) is 0 Å². The second-order valence-corrected chi connectivity index (χ2v) is 7.43. The number of thiophene rings is 1. The molecule has 0 N–H and O–H groups in total. The number of hydrogen-bond acceptors (Lipinski definition) is 5. The maximum Gasteiger partial charge on any atom is 0.264 e. The normalized spacial score (nSPS) is 15.0. The first kappa shape index (κ1) is 15.3. The quantitative estimate of drug-likeness (QED) is 0.708.